The van der Waals surface area contributed by atoms with Gasteiger partial charge in [-0.1, -0.05) is 58.4 Å². The number of nitrogens with two attached hydrogens (primary N) is 1. The summed E-state index contributed by atoms with van der Waals surface area (Å²) in [6.45, 7) is 1.11. The lowest BCUT2D eigenvalue weighted by Crippen LogP contribution is -2.10. The van der Waals surface area contributed by atoms with E-state index in [0.29, 0.717) is 13.2 Å². The molecule has 0 amide bonds. The van der Waals surface area contributed by atoms with Crippen molar-refractivity contribution in [3.8, 4) is 0 Å². The molecule has 0 fully saturated rings. The molecule has 2 aromatic carbocycles. The molecule has 0 saturated heterocycles. The number of rotatable bonds is 5. The summed E-state index contributed by atoms with van der Waals surface area (Å²) >= 11 is 3.49. The number of benzene rings is 2. The van der Waals surface area contributed by atoms with E-state index in [1.165, 1.54) is 0 Å². The summed E-state index contributed by atoms with van der Waals surface area (Å²) < 4.78 is 6.73. The monoisotopic (exact) mass is 318 g/mol. The average molecular weight is 319 g/mol. The molecule has 0 aromatic heterocycles. The first-order valence-electron chi connectivity index (χ1n) is 5.91. The van der Waals surface area contributed by atoms with Gasteiger partial charge in [-0.3, -0.25) is 5.41 Å². The molecule has 0 atom stereocenters. The second-order valence-electron chi connectivity index (χ2n) is 4.19. The van der Waals surface area contributed by atoms with Crippen LogP contribution in [0.5, 0.6) is 0 Å². The van der Waals surface area contributed by atoms with Crippen LogP contribution in [-0.4, -0.2) is 5.84 Å². The number of nitrogen functional groups attached to an aromatic ring is 1. The molecule has 2 rings (SSSR count). The lowest BCUT2D eigenvalue weighted by Gasteiger charge is -2.07. The molecule has 0 saturated carbocycles. The molecule has 0 unspecified atom stereocenters. The Bertz CT molecular complexity index is 567. The van der Waals surface area contributed by atoms with E-state index in [2.05, 4.69) is 15.9 Å². The summed E-state index contributed by atoms with van der Waals surface area (Å²) in [7, 11) is 0. The highest BCUT2D eigenvalue weighted by molar-refractivity contribution is 9.10. The first-order valence-corrected chi connectivity index (χ1v) is 6.70. The van der Waals surface area contributed by atoms with E-state index in [4.69, 9.17) is 15.9 Å². The van der Waals surface area contributed by atoms with E-state index in [0.717, 1.165) is 21.2 Å². The molecule has 0 aliphatic heterocycles. The van der Waals surface area contributed by atoms with Crippen molar-refractivity contribution < 1.29 is 4.74 Å². The van der Waals surface area contributed by atoms with Crippen molar-refractivity contribution in [1.82, 2.24) is 0 Å². The highest BCUT2D eigenvalue weighted by Crippen LogP contribution is 2.17. The Morgan fingerprint density at radius 2 is 1.74 bits per heavy atom. The summed E-state index contributed by atoms with van der Waals surface area (Å²) in [6.07, 6.45) is 0. The van der Waals surface area contributed by atoms with Crippen LogP contribution in [0.15, 0.2) is 53.0 Å². The van der Waals surface area contributed by atoms with Crippen LogP contribution in [0, 0.1) is 5.41 Å². The van der Waals surface area contributed by atoms with Crippen LogP contribution in [0.25, 0.3) is 0 Å². The maximum atomic E-state index is 7.32. The minimum atomic E-state index is 0.0840. The van der Waals surface area contributed by atoms with Crippen LogP contribution in [0.4, 0.5) is 0 Å². The molecule has 4 heteroatoms. The minimum absolute atomic E-state index is 0.0840. The van der Waals surface area contributed by atoms with Gasteiger partial charge in [-0.2, -0.15) is 0 Å². The Hall–Kier alpha value is -1.65. The molecule has 2 aromatic rings. The fourth-order valence-corrected chi connectivity index (χ4v) is 2.07. The smallest absolute Gasteiger partial charge is 0.122 e. The summed E-state index contributed by atoms with van der Waals surface area (Å²) in [5.41, 5.74) is 8.33. The Balaban J connectivity index is 1.89. The van der Waals surface area contributed by atoms with Crippen molar-refractivity contribution in [2.75, 3.05) is 0 Å². The van der Waals surface area contributed by atoms with Crippen molar-refractivity contribution >= 4 is 21.8 Å². The predicted molar refractivity (Wildman–Crippen MR) is 80.1 cm³/mol. The second kappa shape index (κ2) is 6.50. The topological polar surface area (TPSA) is 59.1 Å². The molecule has 98 valence electrons. The Labute approximate surface area is 121 Å². The van der Waals surface area contributed by atoms with Crippen molar-refractivity contribution in [1.29, 1.82) is 5.41 Å². The molecule has 0 bridgehead atoms. The summed E-state index contributed by atoms with van der Waals surface area (Å²) in [6, 6.07) is 15.5. The third-order valence-electron chi connectivity index (χ3n) is 2.75. The van der Waals surface area contributed by atoms with Gasteiger partial charge in [0.15, 0.2) is 0 Å². The van der Waals surface area contributed by atoms with Gasteiger partial charge >= 0.3 is 0 Å². The highest BCUT2D eigenvalue weighted by Gasteiger charge is 2.00. The molecule has 0 heterocycles. The largest absolute Gasteiger partial charge is 0.384 e. The first-order chi connectivity index (χ1) is 9.16. The fourth-order valence-electron chi connectivity index (χ4n) is 1.67. The van der Waals surface area contributed by atoms with E-state index >= 15 is 0 Å². The van der Waals surface area contributed by atoms with Crippen LogP contribution in [-0.2, 0) is 18.0 Å². The van der Waals surface area contributed by atoms with E-state index in [9.17, 15) is 0 Å². The number of nitrogens with one attached hydrogen (secondary N) is 1. The molecule has 3 N–H and O–H groups in total. The lowest BCUT2D eigenvalue weighted by atomic mass is 10.1. The zero-order chi connectivity index (χ0) is 13.7. The number of hydrogen-bond donors (Lipinski definition) is 2. The molecular weight excluding hydrogens is 304 g/mol. The second-order valence-corrected chi connectivity index (χ2v) is 5.05. The van der Waals surface area contributed by atoms with Crippen molar-refractivity contribution in [3.05, 3.63) is 69.7 Å². The molecular formula is C15H15BrN2O. The summed E-state index contributed by atoms with van der Waals surface area (Å²) in [5, 5.41) is 7.32. The minimum Gasteiger partial charge on any atom is -0.384 e. The molecule has 19 heavy (non-hydrogen) atoms. The molecule has 3 nitrogen and oxygen atoms in total. The van der Waals surface area contributed by atoms with Gasteiger partial charge < -0.3 is 10.5 Å². The third-order valence-corrected chi connectivity index (χ3v) is 3.52. The zero-order valence-electron chi connectivity index (χ0n) is 10.4. The van der Waals surface area contributed by atoms with Gasteiger partial charge in [0.2, 0.25) is 0 Å². The van der Waals surface area contributed by atoms with Gasteiger partial charge in [0.05, 0.1) is 13.2 Å². The van der Waals surface area contributed by atoms with Crippen LogP contribution in [0.3, 0.4) is 0 Å². The number of halogens is 1. The summed E-state index contributed by atoms with van der Waals surface area (Å²) in [5.74, 6) is 0.0840. The molecule has 0 spiro atoms. The van der Waals surface area contributed by atoms with Gasteiger partial charge in [0.25, 0.3) is 0 Å². The zero-order valence-corrected chi connectivity index (χ0v) is 12.0. The number of ether oxygens (including phenoxy) is 1. The highest BCUT2D eigenvalue weighted by atomic mass is 79.9. The van der Waals surface area contributed by atoms with E-state index in [-0.39, 0.29) is 5.84 Å². The van der Waals surface area contributed by atoms with Gasteiger partial charge in [-0.15, -0.1) is 0 Å². The SMILES string of the molecule is N=C(N)c1ccc(COCc2ccccc2Br)cc1. The Kier molecular flexibility index (Phi) is 4.71. The van der Waals surface area contributed by atoms with Gasteiger partial charge in [-0.05, 0) is 17.2 Å². The van der Waals surface area contributed by atoms with E-state index in [1.807, 2.05) is 48.5 Å². The van der Waals surface area contributed by atoms with Crippen molar-refractivity contribution in [3.63, 3.8) is 0 Å². The molecule has 0 aliphatic rings. The standard InChI is InChI=1S/C15H15BrN2O/c16-14-4-2-1-3-13(14)10-19-9-11-5-7-12(8-6-11)15(17)18/h1-8H,9-10H2,(H3,17,18). The van der Waals surface area contributed by atoms with E-state index in [1.54, 1.807) is 0 Å². The van der Waals surface area contributed by atoms with Gasteiger partial charge in [0, 0.05) is 10.0 Å². The maximum absolute atomic E-state index is 7.32. The summed E-state index contributed by atoms with van der Waals surface area (Å²) in [4.78, 5) is 0. The molecule has 0 radical (unpaired) electrons. The average Bonchev–Trinajstić information content (AvgIpc) is 2.41. The van der Waals surface area contributed by atoms with Crippen LogP contribution in [0.1, 0.15) is 16.7 Å². The lowest BCUT2D eigenvalue weighted by molar-refractivity contribution is 0.107. The maximum Gasteiger partial charge on any atom is 0.122 e. The van der Waals surface area contributed by atoms with E-state index < -0.39 is 0 Å². The predicted octanol–water partition coefficient (Wildman–Crippen LogP) is 3.45. The van der Waals surface area contributed by atoms with Crippen LogP contribution in [0.2, 0.25) is 0 Å². The Morgan fingerprint density at radius 1 is 1.05 bits per heavy atom. The Morgan fingerprint density at radius 3 is 2.37 bits per heavy atom. The first kappa shape index (κ1) is 13.8. The third kappa shape index (κ3) is 3.91. The van der Waals surface area contributed by atoms with Crippen LogP contribution < -0.4 is 5.73 Å². The number of amidine groups is 1. The van der Waals surface area contributed by atoms with Crippen molar-refractivity contribution in [2.24, 2.45) is 5.73 Å². The normalized spacial score (nSPS) is 10.4. The number of hydrogen-bond acceptors (Lipinski definition) is 2. The van der Waals surface area contributed by atoms with Gasteiger partial charge in [0.1, 0.15) is 5.84 Å². The fraction of sp³-hybridized carbons (Fsp3) is 0.133. The van der Waals surface area contributed by atoms with Gasteiger partial charge in [-0.25, -0.2) is 0 Å². The van der Waals surface area contributed by atoms with Crippen molar-refractivity contribution in [2.45, 2.75) is 13.2 Å². The van der Waals surface area contributed by atoms with Crippen LogP contribution >= 0.6 is 15.9 Å². The quantitative estimate of drug-likeness (QED) is 0.655. The molecule has 0 aliphatic carbocycles.